The fourth-order valence-corrected chi connectivity index (χ4v) is 2.33. The van der Waals surface area contributed by atoms with Crippen molar-refractivity contribution < 1.29 is 4.74 Å². The maximum absolute atomic E-state index is 5.96. The molecule has 0 aliphatic carbocycles. The van der Waals surface area contributed by atoms with Crippen molar-refractivity contribution >= 4 is 23.4 Å². The summed E-state index contributed by atoms with van der Waals surface area (Å²) in [5.74, 6) is 0.901. The Bertz CT molecular complexity index is 599. The first-order valence-electron chi connectivity index (χ1n) is 5.97. The molecule has 1 atom stereocenters. The third-order valence-corrected chi connectivity index (χ3v) is 3.41. The summed E-state index contributed by atoms with van der Waals surface area (Å²) in [6.07, 6.45) is 2.16. The molecule has 3 rings (SSSR count). The second-order valence-electron chi connectivity index (χ2n) is 4.40. The lowest BCUT2D eigenvalue weighted by Gasteiger charge is -2.24. The van der Waals surface area contributed by atoms with Gasteiger partial charge in [-0.3, -0.25) is 0 Å². The fraction of sp³-hybridized carbons (Fsp3) is 0.125. The van der Waals surface area contributed by atoms with Gasteiger partial charge in [0.2, 0.25) is 0 Å². The van der Waals surface area contributed by atoms with Gasteiger partial charge in [-0.2, -0.15) is 0 Å². The number of fused-ring (bicyclic) bond motifs is 1. The third-order valence-electron chi connectivity index (χ3n) is 3.15. The average molecular weight is 257 g/mol. The van der Waals surface area contributed by atoms with Gasteiger partial charge in [0.05, 0.1) is 0 Å². The van der Waals surface area contributed by atoms with E-state index in [1.54, 1.807) is 0 Å². The van der Waals surface area contributed by atoms with Crippen LogP contribution in [0, 0.1) is 0 Å². The molecule has 2 heteroatoms. The van der Waals surface area contributed by atoms with Crippen molar-refractivity contribution in [2.24, 2.45) is 0 Å². The van der Waals surface area contributed by atoms with E-state index in [4.69, 9.17) is 16.3 Å². The highest BCUT2D eigenvalue weighted by atomic mass is 35.5. The molecule has 2 aromatic rings. The largest absolute Gasteiger partial charge is 0.485 e. The minimum Gasteiger partial charge on any atom is -0.485 e. The van der Waals surface area contributed by atoms with E-state index in [9.17, 15) is 0 Å². The van der Waals surface area contributed by atoms with Crippen LogP contribution in [-0.4, -0.2) is 0 Å². The predicted molar refractivity (Wildman–Crippen MR) is 75.3 cm³/mol. The van der Waals surface area contributed by atoms with E-state index >= 15 is 0 Å². The molecule has 2 aromatic carbocycles. The van der Waals surface area contributed by atoms with E-state index in [1.165, 1.54) is 11.1 Å². The SMILES string of the molecule is C[C@@H]1OC(c2ccc(Cl)cc2)=Cc2ccccc21. The Kier molecular flexibility index (Phi) is 2.85. The number of hydrogen-bond acceptors (Lipinski definition) is 1. The fourth-order valence-electron chi connectivity index (χ4n) is 2.21. The lowest BCUT2D eigenvalue weighted by atomic mass is 9.98. The lowest BCUT2D eigenvalue weighted by Crippen LogP contribution is -2.06. The van der Waals surface area contributed by atoms with Gasteiger partial charge >= 0.3 is 0 Å². The van der Waals surface area contributed by atoms with Crippen LogP contribution >= 0.6 is 11.6 Å². The van der Waals surface area contributed by atoms with E-state index < -0.39 is 0 Å². The molecule has 0 fully saturated rings. The summed E-state index contributed by atoms with van der Waals surface area (Å²) in [6.45, 7) is 2.07. The van der Waals surface area contributed by atoms with Crippen LogP contribution in [0.4, 0.5) is 0 Å². The summed E-state index contributed by atoms with van der Waals surface area (Å²) in [5, 5.41) is 0.739. The van der Waals surface area contributed by atoms with Gasteiger partial charge in [0.15, 0.2) is 0 Å². The average Bonchev–Trinajstić information content (AvgIpc) is 2.39. The summed E-state index contributed by atoms with van der Waals surface area (Å²) < 4.78 is 5.96. The Morgan fingerprint density at radius 3 is 2.50 bits per heavy atom. The van der Waals surface area contributed by atoms with Crippen LogP contribution < -0.4 is 0 Å². The highest BCUT2D eigenvalue weighted by Gasteiger charge is 2.18. The second-order valence-corrected chi connectivity index (χ2v) is 4.84. The Morgan fingerprint density at radius 1 is 1.00 bits per heavy atom. The molecule has 1 aliphatic heterocycles. The molecule has 0 saturated heterocycles. The molecule has 1 nitrogen and oxygen atoms in total. The number of benzene rings is 2. The highest BCUT2D eigenvalue weighted by molar-refractivity contribution is 6.30. The molecular weight excluding hydrogens is 244 g/mol. The van der Waals surface area contributed by atoms with E-state index in [0.717, 1.165) is 16.3 Å². The zero-order chi connectivity index (χ0) is 12.5. The molecule has 18 heavy (non-hydrogen) atoms. The number of ether oxygens (including phenoxy) is 1. The molecule has 0 unspecified atom stereocenters. The summed E-state index contributed by atoms with van der Waals surface area (Å²) >= 11 is 5.90. The summed E-state index contributed by atoms with van der Waals surface area (Å²) in [5.41, 5.74) is 3.51. The molecule has 1 heterocycles. The van der Waals surface area contributed by atoms with Crippen molar-refractivity contribution in [3.05, 3.63) is 70.2 Å². The van der Waals surface area contributed by atoms with Gasteiger partial charge < -0.3 is 4.74 Å². The number of halogens is 1. The van der Waals surface area contributed by atoms with Crippen molar-refractivity contribution in [2.75, 3.05) is 0 Å². The summed E-state index contributed by atoms with van der Waals surface area (Å²) in [7, 11) is 0. The minimum atomic E-state index is 0.0804. The zero-order valence-electron chi connectivity index (χ0n) is 10.1. The standard InChI is InChI=1S/C16H13ClO/c1-11-15-5-3-2-4-13(15)10-16(18-11)12-6-8-14(17)9-7-12/h2-11H,1H3/t11-/m0/s1. The van der Waals surface area contributed by atoms with Crippen LogP contribution in [0.5, 0.6) is 0 Å². The molecule has 0 bridgehead atoms. The van der Waals surface area contributed by atoms with Crippen LogP contribution in [0.15, 0.2) is 48.5 Å². The first kappa shape index (κ1) is 11.4. The van der Waals surface area contributed by atoms with Crippen LogP contribution in [0.2, 0.25) is 5.02 Å². The molecule has 90 valence electrons. The minimum absolute atomic E-state index is 0.0804. The third kappa shape index (κ3) is 2.02. The van der Waals surface area contributed by atoms with Crippen molar-refractivity contribution in [1.29, 1.82) is 0 Å². The molecule has 0 amide bonds. The molecule has 1 aliphatic rings. The molecule has 0 aromatic heterocycles. The maximum Gasteiger partial charge on any atom is 0.128 e. The predicted octanol–water partition coefficient (Wildman–Crippen LogP) is 4.93. The van der Waals surface area contributed by atoms with Crippen molar-refractivity contribution in [1.82, 2.24) is 0 Å². The van der Waals surface area contributed by atoms with Crippen LogP contribution in [0.1, 0.15) is 29.7 Å². The number of hydrogen-bond donors (Lipinski definition) is 0. The lowest BCUT2D eigenvalue weighted by molar-refractivity contribution is 0.186. The molecular formula is C16H13ClO. The highest BCUT2D eigenvalue weighted by Crippen LogP contribution is 2.35. The number of rotatable bonds is 1. The molecule has 0 N–H and O–H groups in total. The van der Waals surface area contributed by atoms with E-state index in [1.807, 2.05) is 36.4 Å². The van der Waals surface area contributed by atoms with Gasteiger partial charge in [-0.25, -0.2) is 0 Å². The van der Waals surface area contributed by atoms with E-state index in [-0.39, 0.29) is 6.10 Å². The first-order valence-corrected chi connectivity index (χ1v) is 6.35. The van der Waals surface area contributed by atoms with Crippen LogP contribution in [0.25, 0.3) is 11.8 Å². The molecule has 0 radical (unpaired) electrons. The van der Waals surface area contributed by atoms with Gasteiger partial charge in [0.1, 0.15) is 11.9 Å². The van der Waals surface area contributed by atoms with Gasteiger partial charge in [0.25, 0.3) is 0 Å². The van der Waals surface area contributed by atoms with Crippen molar-refractivity contribution in [3.63, 3.8) is 0 Å². The summed E-state index contributed by atoms with van der Waals surface area (Å²) in [4.78, 5) is 0. The molecule has 0 spiro atoms. The van der Waals surface area contributed by atoms with Gasteiger partial charge in [-0.15, -0.1) is 0 Å². The van der Waals surface area contributed by atoms with E-state index in [0.29, 0.717) is 0 Å². The van der Waals surface area contributed by atoms with Gasteiger partial charge in [0, 0.05) is 10.6 Å². The molecule has 0 saturated carbocycles. The Labute approximate surface area is 112 Å². The smallest absolute Gasteiger partial charge is 0.128 e. The second kappa shape index (κ2) is 4.51. The quantitative estimate of drug-likeness (QED) is 0.703. The zero-order valence-corrected chi connectivity index (χ0v) is 10.8. The topological polar surface area (TPSA) is 9.23 Å². The monoisotopic (exact) mass is 256 g/mol. The van der Waals surface area contributed by atoms with Crippen LogP contribution in [0.3, 0.4) is 0 Å². The van der Waals surface area contributed by atoms with Crippen molar-refractivity contribution in [3.8, 4) is 0 Å². The summed E-state index contributed by atoms with van der Waals surface area (Å²) in [6, 6.07) is 16.0. The Morgan fingerprint density at radius 2 is 1.72 bits per heavy atom. The van der Waals surface area contributed by atoms with Crippen molar-refractivity contribution in [2.45, 2.75) is 13.0 Å². The van der Waals surface area contributed by atoms with Crippen LogP contribution in [-0.2, 0) is 4.74 Å². The normalized spacial score (nSPS) is 17.7. The first-order chi connectivity index (χ1) is 8.74. The van der Waals surface area contributed by atoms with E-state index in [2.05, 4.69) is 25.1 Å². The van der Waals surface area contributed by atoms with Gasteiger partial charge in [-0.1, -0.05) is 35.9 Å². The Hall–Kier alpha value is -1.73. The van der Waals surface area contributed by atoms with Gasteiger partial charge in [-0.05, 0) is 48.4 Å². The maximum atomic E-state index is 5.96. The Balaban J connectivity index is 2.05.